The molecule has 2 aromatic rings. The molecule has 0 bridgehead atoms. The second-order valence-electron chi connectivity index (χ2n) is 7.65. The predicted molar refractivity (Wildman–Crippen MR) is 127 cm³/mol. The van der Waals surface area contributed by atoms with Gasteiger partial charge >= 0.3 is 6.03 Å². The number of likely N-dealkylation sites (tertiary alicyclic amines) is 1. The Hall–Kier alpha value is -2.80. The first-order valence-corrected chi connectivity index (χ1v) is 11.6. The van der Waals surface area contributed by atoms with E-state index < -0.39 is 5.66 Å². The van der Waals surface area contributed by atoms with Crippen molar-refractivity contribution >= 4 is 28.5 Å². The zero-order valence-electron chi connectivity index (χ0n) is 18.0. The average Bonchev–Trinajstić information content (AvgIpc) is 3.16. The summed E-state index contributed by atoms with van der Waals surface area (Å²) in [6.45, 7) is 3.96. The number of carbonyl (C=O) groups excluding carboxylic acids is 1. The van der Waals surface area contributed by atoms with Crippen LogP contribution in [-0.4, -0.2) is 53.3 Å². The third kappa shape index (κ3) is 4.93. The van der Waals surface area contributed by atoms with Crippen molar-refractivity contribution in [2.75, 3.05) is 26.0 Å². The molecule has 1 saturated heterocycles. The van der Waals surface area contributed by atoms with Crippen LogP contribution < -0.4 is 10.1 Å². The number of aliphatic imine (C=N–C) groups is 2. The summed E-state index contributed by atoms with van der Waals surface area (Å²) in [7, 11) is 1.67. The number of rotatable bonds is 5. The van der Waals surface area contributed by atoms with Crippen molar-refractivity contribution in [1.29, 1.82) is 0 Å². The van der Waals surface area contributed by atoms with Gasteiger partial charge in [0.25, 0.3) is 0 Å². The van der Waals surface area contributed by atoms with Crippen LogP contribution in [0.15, 0.2) is 64.6 Å². The Morgan fingerprint density at radius 2 is 1.81 bits per heavy atom. The van der Waals surface area contributed by atoms with E-state index in [2.05, 4.69) is 12.2 Å². The number of methoxy groups -OCH3 is 1. The third-order valence-corrected chi connectivity index (χ3v) is 6.46. The van der Waals surface area contributed by atoms with Gasteiger partial charge in [0.1, 0.15) is 10.8 Å². The molecule has 0 unspecified atom stereocenters. The van der Waals surface area contributed by atoms with Gasteiger partial charge in [-0.05, 0) is 35.6 Å². The standard InChI is InChI=1S/C24H28N4O2S/c1-3-31-22-21(19-9-11-20(30-2)12-10-19)26-24(27-22)13-15-28(16-14-24)23(29)25-17-18-7-5-4-6-8-18/h4-12H,3,13-17H2,1-2H3,(H,25,29). The van der Waals surface area contributed by atoms with Gasteiger partial charge in [0.05, 0.1) is 12.8 Å². The molecule has 31 heavy (non-hydrogen) atoms. The van der Waals surface area contributed by atoms with Crippen LogP contribution in [0.1, 0.15) is 30.9 Å². The van der Waals surface area contributed by atoms with Gasteiger partial charge in [-0.25, -0.2) is 9.79 Å². The topological polar surface area (TPSA) is 66.3 Å². The maximum absolute atomic E-state index is 12.6. The van der Waals surface area contributed by atoms with Gasteiger partial charge in [-0.1, -0.05) is 37.3 Å². The molecule has 2 aliphatic heterocycles. The van der Waals surface area contributed by atoms with Gasteiger partial charge < -0.3 is 15.0 Å². The van der Waals surface area contributed by atoms with Crippen LogP contribution >= 0.6 is 11.8 Å². The van der Waals surface area contributed by atoms with E-state index in [0.717, 1.165) is 46.2 Å². The molecule has 4 rings (SSSR count). The molecule has 0 saturated carbocycles. The number of urea groups is 1. The quantitative estimate of drug-likeness (QED) is 0.758. The number of hydrogen-bond donors (Lipinski definition) is 1. The Kier molecular flexibility index (Phi) is 6.61. The molecule has 6 nitrogen and oxygen atoms in total. The normalized spacial score (nSPS) is 17.3. The SMILES string of the molecule is CCSC1=NC2(CCN(C(=O)NCc3ccccc3)CC2)N=C1c1ccc(OC)cc1. The van der Waals surface area contributed by atoms with Crippen molar-refractivity contribution in [2.45, 2.75) is 32.0 Å². The minimum Gasteiger partial charge on any atom is -0.497 e. The van der Waals surface area contributed by atoms with E-state index in [1.165, 1.54) is 0 Å². The van der Waals surface area contributed by atoms with Crippen molar-refractivity contribution in [3.63, 3.8) is 0 Å². The minimum atomic E-state index is -0.455. The summed E-state index contributed by atoms with van der Waals surface area (Å²) in [5, 5.41) is 4.02. The van der Waals surface area contributed by atoms with Crippen LogP contribution in [-0.2, 0) is 6.54 Å². The van der Waals surface area contributed by atoms with Crippen LogP contribution in [0.3, 0.4) is 0 Å². The second kappa shape index (κ2) is 9.56. The summed E-state index contributed by atoms with van der Waals surface area (Å²) in [5.74, 6) is 1.77. The number of nitrogens with zero attached hydrogens (tertiary/aromatic N) is 3. The lowest BCUT2D eigenvalue weighted by molar-refractivity contribution is 0.163. The highest BCUT2D eigenvalue weighted by molar-refractivity contribution is 8.15. The largest absolute Gasteiger partial charge is 0.497 e. The monoisotopic (exact) mass is 436 g/mol. The molecule has 2 amide bonds. The van der Waals surface area contributed by atoms with Crippen molar-refractivity contribution in [3.8, 4) is 5.75 Å². The van der Waals surface area contributed by atoms with E-state index in [9.17, 15) is 4.79 Å². The lowest BCUT2D eigenvalue weighted by Gasteiger charge is -2.35. The zero-order valence-corrected chi connectivity index (χ0v) is 18.8. The molecule has 2 heterocycles. The highest BCUT2D eigenvalue weighted by atomic mass is 32.2. The Morgan fingerprint density at radius 1 is 1.10 bits per heavy atom. The van der Waals surface area contributed by atoms with E-state index >= 15 is 0 Å². The number of piperidine rings is 1. The summed E-state index contributed by atoms with van der Waals surface area (Å²) in [6, 6.07) is 17.9. The fourth-order valence-electron chi connectivity index (χ4n) is 3.87. The Balaban J connectivity index is 1.42. The van der Waals surface area contributed by atoms with E-state index in [-0.39, 0.29) is 6.03 Å². The predicted octanol–water partition coefficient (Wildman–Crippen LogP) is 4.35. The fourth-order valence-corrected chi connectivity index (χ4v) is 4.68. The highest BCUT2D eigenvalue weighted by Gasteiger charge is 2.40. The maximum Gasteiger partial charge on any atom is 0.317 e. The van der Waals surface area contributed by atoms with Crippen LogP contribution in [0.25, 0.3) is 0 Å². The summed E-state index contributed by atoms with van der Waals surface area (Å²) in [6.07, 6.45) is 1.47. The number of carbonyl (C=O) groups is 1. The molecule has 0 radical (unpaired) electrons. The van der Waals surface area contributed by atoms with Crippen molar-refractivity contribution in [3.05, 3.63) is 65.7 Å². The van der Waals surface area contributed by atoms with Crippen molar-refractivity contribution in [1.82, 2.24) is 10.2 Å². The Labute approximate surface area is 187 Å². The van der Waals surface area contributed by atoms with Crippen molar-refractivity contribution in [2.24, 2.45) is 9.98 Å². The summed E-state index contributed by atoms with van der Waals surface area (Å²) < 4.78 is 5.28. The van der Waals surface area contributed by atoms with E-state index in [4.69, 9.17) is 14.7 Å². The molecule has 162 valence electrons. The molecule has 1 spiro atoms. The molecule has 0 aromatic heterocycles. The molecule has 0 atom stereocenters. The molecule has 2 aliphatic rings. The van der Waals surface area contributed by atoms with Gasteiger partial charge in [-0.15, -0.1) is 11.8 Å². The van der Waals surface area contributed by atoms with Gasteiger partial charge in [0.2, 0.25) is 0 Å². The van der Waals surface area contributed by atoms with Crippen LogP contribution in [0, 0.1) is 0 Å². The molecule has 2 aromatic carbocycles. The van der Waals surface area contributed by atoms with Crippen molar-refractivity contribution < 1.29 is 9.53 Å². The van der Waals surface area contributed by atoms with Gasteiger partial charge in [0, 0.05) is 38.0 Å². The molecule has 1 N–H and O–H groups in total. The molecular weight excluding hydrogens is 408 g/mol. The van der Waals surface area contributed by atoms with Crippen LogP contribution in [0.2, 0.25) is 0 Å². The third-order valence-electron chi connectivity index (χ3n) is 5.61. The van der Waals surface area contributed by atoms with E-state index in [1.807, 2.05) is 59.5 Å². The second-order valence-corrected chi connectivity index (χ2v) is 8.91. The summed E-state index contributed by atoms with van der Waals surface area (Å²) >= 11 is 1.73. The molecule has 1 fully saturated rings. The van der Waals surface area contributed by atoms with Gasteiger partial charge in [0.15, 0.2) is 5.66 Å². The minimum absolute atomic E-state index is 0.0248. The number of benzene rings is 2. The van der Waals surface area contributed by atoms with Crippen LogP contribution in [0.5, 0.6) is 5.75 Å². The highest BCUT2D eigenvalue weighted by Crippen LogP contribution is 2.35. The number of thioether (sulfide) groups is 1. The maximum atomic E-state index is 12.6. The Bertz CT molecular complexity index is 965. The number of hydrogen-bond acceptors (Lipinski definition) is 5. The number of amides is 2. The zero-order chi connectivity index (χ0) is 21.7. The van der Waals surface area contributed by atoms with Gasteiger partial charge in [-0.2, -0.15) is 0 Å². The van der Waals surface area contributed by atoms with E-state index in [1.54, 1.807) is 18.9 Å². The van der Waals surface area contributed by atoms with Crippen LogP contribution in [0.4, 0.5) is 4.79 Å². The fraction of sp³-hybridized carbons (Fsp3) is 0.375. The summed E-state index contributed by atoms with van der Waals surface area (Å²) in [5.41, 5.74) is 2.65. The van der Waals surface area contributed by atoms with Gasteiger partial charge in [-0.3, -0.25) is 4.99 Å². The first-order chi connectivity index (χ1) is 15.1. The van der Waals surface area contributed by atoms with E-state index in [0.29, 0.717) is 19.6 Å². The number of nitrogens with one attached hydrogen (secondary N) is 1. The average molecular weight is 437 g/mol. The lowest BCUT2D eigenvalue weighted by atomic mass is 9.98. The Morgan fingerprint density at radius 3 is 2.45 bits per heavy atom. The molecule has 7 heteroatoms. The smallest absolute Gasteiger partial charge is 0.317 e. The summed E-state index contributed by atoms with van der Waals surface area (Å²) in [4.78, 5) is 24.6. The first kappa shape index (κ1) is 21.4. The number of ether oxygens (including phenoxy) is 1. The lowest BCUT2D eigenvalue weighted by Crippen LogP contribution is -2.48. The molecule has 0 aliphatic carbocycles. The first-order valence-electron chi connectivity index (χ1n) is 10.7. The molecular formula is C24H28N4O2S.